The summed E-state index contributed by atoms with van der Waals surface area (Å²) < 4.78 is 12.1. The third kappa shape index (κ3) is 3.57. The molecule has 2 aromatic rings. The fourth-order valence-electron chi connectivity index (χ4n) is 2.43. The van der Waals surface area contributed by atoms with Crippen molar-refractivity contribution in [1.29, 1.82) is 0 Å². The zero-order valence-electron chi connectivity index (χ0n) is 12.5. The minimum Gasteiger partial charge on any atom is -0.496 e. The zero-order chi connectivity index (χ0) is 15.2. The van der Waals surface area contributed by atoms with Crippen molar-refractivity contribution in [2.45, 2.75) is 13.0 Å². The minimum atomic E-state index is 0.0126. The van der Waals surface area contributed by atoms with Crippen LogP contribution in [-0.4, -0.2) is 20.8 Å². The van der Waals surface area contributed by atoms with E-state index in [4.69, 9.17) is 9.47 Å². The molecule has 2 aromatic carbocycles. The molecule has 4 heteroatoms. The van der Waals surface area contributed by atoms with Crippen LogP contribution in [0, 0.1) is 0 Å². The van der Waals surface area contributed by atoms with Crippen molar-refractivity contribution in [2.75, 3.05) is 20.8 Å². The number of hydrogen-bond donors (Lipinski definition) is 1. The number of hydrogen-bond acceptors (Lipinski definition) is 3. The SMILES string of the molecule is CCNC(c1ccccc1OC)c1cc(Br)ccc1OC. The van der Waals surface area contributed by atoms with E-state index in [-0.39, 0.29) is 6.04 Å². The van der Waals surface area contributed by atoms with E-state index in [0.717, 1.165) is 33.6 Å². The van der Waals surface area contributed by atoms with Crippen molar-refractivity contribution >= 4 is 15.9 Å². The van der Waals surface area contributed by atoms with Crippen LogP contribution in [0.5, 0.6) is 11.5 Å². The first-order valence-electron chi connectivity index (χ1n) is 6.91. The average molecular weight is 350 g/mol. The maximum Gasteiger partial charge on any atom is 0.124 e. The van der Waals surface area contributed by atoms with Gasteiger partial charge in [-0.05, 0) is 30.8 Å². The highest BCUT2D eigenvalue weighted by atomic mass is 79.9. The molecule has 1 atom stereocenters. The third-order valence-corrected chi connectivity index (χ3v) is 3.85. The fourth-order valence-corrected chi connectivity index (χ4v) is 2.81. The highest BCUT2D eigenvalue weighted by Crippen LogP contribution is 2.36. The Hall–Kier alpha value is -1.52. The van der Waals surface area contributed by atoms with Crippen LogP contribution in [0.4, 0.5) is 0 Å². The van der Waals surface area contributed by atoms with Gasteiger partial charge in [-0.2, -0.15) is 0 Å². The summed E-state index contributed by atoms with van der Waals surface area (Å²) in [6.45, 7) is 2.94. The van der Waals surface area contributed by atoms with Gasteiger partial charge in [-0.1, -0.05) is 41.1 Å². The van der Waals surface area contributed by atoms with Crippen LogP contribution in [0.25, 0.3) is 0 Å². The van der Waals surface area contributed by atoms with E-state index in [2.05, 4.69) is 40.3 Å². The Bertz CT molecular complexity index is 601. The highest BCUT2D eigenvalue weighted by molar-refractivity contribution is 9.10. The summed E-state index contributed by atoms with van der Waals surface area (Å²) in [5.41, 5.74) is 2.18. The second-order valence-electron chi connectivity index (χ2n) is 4.62. The summed E-state index contributed by atoms with van der Waals surface area (Å²) >= 11 is 3.54. The Morgan fingerprint density at radius 2 is 1.67 bits per heavy atom. The molecule has 21 heavy (non-hydrogen) atoms. The van der Waals surface area contributed by atoms with Gasteiger partial charge in [0.25, 0.3) is 0 Å². The summed E-state index contributed by atoms with van der Waals surface area (Å²) in [6, 6.07) is 14.1. The van der Waals surface area contributed by atoms with Gasteiger partial charge in [0.15, 0.2) is 0 Å². The molecular weight excluding hydrogens is 330 g/mol. The highest BCUT2D eigenvalue weighted by Gasteiger charge is 2.20. The van der Waals surface area contributed by atoms with Gasteiger partial charge >= 0.3 is 0 Å². The molecule has 0 radical (unpaired) electrons. The third-order valence-electron chi connectivity index (χ3n) is 3.36. The summed E-state index contributed by atoms with van der Waals surface area (Å²) in [5, 5.41) is 3.51. The number of rotatable bonds is 6. The molecule has 0 saturated heterocycles. The maximum absolute atomic E-state index is 5.52. The molecule has 1 N–H and O–H groups in total. The maximum atomic E-state index is 5.52. The molecule has 0 amide bonds. The van der Waals surface area contributed by atoms with E-state index >= 15 is 0 Å². The summed E-state index contributed by atoms with van der Waals surface area (Å²) in [5.74, 6) is 1.72. The predicted molar refractivity (Wildman–Crippen MR) is 89.2 cm³/mol. The van der Waals surface area contributed by atoms with Crippen LogP contribution in [0.1, 0.15) is 24.1 Å². The molecule has 0 fully saturated rings. The van der Waals surface area contributed by atoms with Crippen molar-refractivity contribution in [3.05, 3.63) is 58.1 Å². The number of halogens is 1. The van der Waals surface area contributed by atoms with Crippen LogP contribution in [0.3, 0.4) is 0 Å². The second kappa shape index (κ2) is 7.48. The van der Waals surface area contributed by atoms with Gasteiger partial charge in [-0.3, -0.25) is 0 Å². The van der Waals surface area contributed by atoms with Crippen LogP contribution in [-0.2, 0) is 0 Å². The van der Waals surface area contributed by atoms with Gasteiger partial charge in [0.1, 0.15) is 11.5 Å². The first kappa shape index (κ1) is 15.9. The molecule has 0 aliphatic rings. The standard InChI is InChI=1S/C17H20BrNO2/c1-4-19-17(13-7-5-6-8-15(13)20-2)14-11-12(18)9-10-16(14)21-3/h5-11,17,19H,4H2,1-3H3. The number of methoxy groups -OCH3 is 2. The molecule has 0 saturated carbocycles. The minimum absolute atomic E-state index is 0.0126. The van der Waals surface area contributed by atoms with Gasteiger partial charge in [0.2, 0.25) is 0 Å². The number of nitrogens with one attached hydrogen (secondary N) is 1. The molecule has 2 rings (SSSR count). The van der Waals surface area contributed by atoms with Crippen LogP contribution in [0.15, 0.2) is 46.9 Å². The molecule has 112 valence electrons. The molecule has 0 aliphatic heterocycles. The Labute approximate surface area is 134 Å². The largest absolute Gasteiger partial charge is 0.496 e. The average Bonchev–Trinajstić information content (AvgIpc) is 2.52. The van der Waals surface area contributed by atoms with Crippen molar-refractivity contribution < 1.29 is 9.47 Å². The quantitative estimate of drug-likeness (QED) is 0.848. The Morgan fingerprint density at radius 1 is 1.00 bits per heavy atom. The van der Waals surface area contributed by atoms with E-state index in [9.17, 15) is 0 Å². The van der Waals surface area contributed by atoms with Crippen molar-refractivity contribution in [3.63, 3.8) is 0 Å². The van der Waals surface area contributed by atoms with Gasteiger partial charge in [-0.25, -0.2) is 0 Å². The smallest absolute Gasteiger partial charge is 0.124 e. The lowest BCUT2D eigenvalue weighted by Gasteiger charge is -2.23. The van der Waals surface area contributed by atoms with Gasteiger partial charge < -0.3 is 14.8 Å². The molecule has 0 aliphatic carbocycles. The van der Waals surface area contributed by atoms with Crippen LogP contribution < -0.4 is 14.8 Å². The zero-order valence-corrected chi connectivity index (χ0v) is 14.1. The molecular formula is C17H20BrNO2. The normalized spacial score (nSPS) is 12.0. The molecule has 0 bridgehead atoms. The van der Waals surface area contributed by atoms with Crippen LogP contribution in [0.2, 0.25) is 0 Å². The van der Waals surface area contributed by atoms with E-state index in [1.165, 1.54) is 0 Å². The van der Waals surface area contributed by atoms with Crippen molar-refractivity contribution in [3.8, 4) is 11.5 Å². The summed E-state index contributed by atoms with van der Waals surface area (Å²) in [6.07, 6.45) is 0. The molecule has 0 aromatic heterocycles. The van der Waals surface area contributed by atoms with Gasteiger partial charge in [-0.15, -0.1) is 0 Å². The predicted octanol–water partition coefficient (Wildman–Crippen LogP) is 4.17. The summed E-state index contributed by atoms with van der Waals surface area (Å²) in [4.78, 5) is 0. The first-order valence-corrected chi connectivity index (χ1v) is 7.70. The molecule has 0 spiro atoms. The molecule has 0 heterocycles. The lowest BCUT2D eigenvalue weighted by Crippen LogP contribution is -2.23. The van der Waals surface area contributed by atoms with Gasteiger partial charge in [0.05, 0.1) is 20.3 Å². The van der Waals surface area contributed by atoms with Crippen molar-refractivity contribution in [2.24, 2.45) is 0 Å². The lowest BCUT2D eigenvalue weighted by molar-refractivity contribution is 0.394. The van der Waals surface area contributed by atoms with E-state index in [1.54, 1.807) is 14.2 Å². The van der Waals surface area contributed by atoms with E-state index in [1.807, 2.05) is 30.3 Å². The molecule has 1 unspecified atom stereocenters. The van der Waals surface area contributed by atoms with E-state index < -0.39 is 0 Å². The Balaban J connectivity index is 2.55. The first-order chi connectivity index (χ1) is 10.2. The van der Waals surface area contributed by atoms with Crippen LogP contribution >= 0.6 is 15.9 Å². The lowest BCUT2D eigenvalue weighted by atomic mass is 9.97. The van der Waals surface area contributed by atoms with Gasteiger partial charge in [0, 0.05) is 15.6 Å². The Morgan fingerprint density at radius 3 is 2.33 bits per heavy atom. The summed E-state index contributed by atoms with van der Waals surface area (Å²) in [7, 11) is 3.39. The topological polar surface area (TPSA) is 30.5 Å². The monoisotopic (exact) mass is 349 g/mol. The Kier molecular flexibility index (Phi) is 5.65. The second-order valence-corrected chi connectivity index (χ2v) is 5.53. The molecule has 3 nitrogen and oxygen atoms in total. The van der Waals surface area contributed by atoms with Crippen molar-refractivity contribution in [1.82, 2.24) is 5.32 Å². The number of benzene rings is 2. The number of para-hydroxylation sites is 1. The number of ether oxygens (including phenoxy) is 2. The fraction of sp³-hybridized carbons (Fsp3) is 0.294. The van der Waals surface area contributed by atoms with E-state index in [0.29, 0.717) is 0 Å².